The molecule has 6 heteroatoms. The van der Waals surface area contributed by atoms with Crippen molar-refractivity contribution in [2.75, 3.05) is 0 Å². The molecule has 0 aliphatic rings. The fraction of sp³-hybridized carbons (Fsp3) is 0.538. The summed E-state index contributed by atoms with van der Waals surface area (Å²) >= 11 is 0. The lowest BCUT2D eigenvalue weighted by atomic mass is 10.1. The van der Waals surface area contributed by atoms with E-state index in [4.69, 9.17) is 0 Å². The lowest BCUT2D eigenvalue weighted by molar-refractivity contribution is 0.476. The third-order valence-corrected chi connectivity index (χ3v) is 4.36. The van der Waals surface area contributed by atoms with E-state index >= 15 is 0 Å². The van der Waals surface area contributed by atoms with Gasteiger partial charge in [-0.2, -0.15) is 0 Å². The first-order valence-electron chi connectivity index (χ1n) is 6.20. The molecule has 0 saturated carbocycles. The fourth-order valence-electron chi connectivity index (χ4n) is 1.71. The van der Waals surface area contributed by atoms with E-state index in [-0.39, 0.29) is 6.04 Å². The van der Waals surface area contributed by atoms with Crippen molar-refractivity contribution >= 4 is 10.0 Å². The maximum atomic E-state index is 13.5. The summed E-state index contributed by atoms with van der Waals surface area (Å²) in [5, 5.41) is 0. The van der Waals surface area contributed by atoms with E-state index in [1.165, 1.54) is 0 Å². The molecule has 0 spiro atoms. The van der Waals surface area contributed by atoms with Gasteiger partial charge in [0, 0.05) is 6.04 Å². The molecule has 0 aliphatic heterocycles. The predicted octanol–water partition coefficient (Wildman–Crippen LogP) is 3.07. The van der Waals surface area contributed by atoms with Gasteiger partial charge in [0.05, 0.1) is 0 Å². The quantitative estimate of drug-likeness (QED) is 0.875. The van der Waals surface area contributed by atoms with Gasteiger partial charge >= 0.3 is 0 Å². The van der Waals surface area contributed by atoms with Crippen LogP contribution in [0.25, 0.3) is 0 Å². The van der Waals surface area contributed by atoms with E-state index in [0.717, 1.165) is 24.6 Å². The molecular weight excluding hydrogens is 272 g/mol. The Labute approximate surface area is 113 Å². The Bertz CT molecular complexity index is 509. The minimum Gasteiger partial charge on any atom is -0.208 e. The maximum absolute atomic E-state index is 13.5. The summed E-state index contributed by atoms with van der Waals surface area (Å²) in [6, 6.07) is 2.62. The molecule has 1 unspecified atom stereocenters. The highest BCUT2D eigenvalue weighted by Gasteiger charge is 2.25. The van der Waals surface area contributed by atoms with Crippen LogP contribution in [0.1, 0.15) is 33.6 Å². The van der Waals surface area contributed by atoms with E-state index in [9.17, 15) is 17.2 Å². The van der Waals surface area contributed by atoms with Gasteiger partial charge in [0.15, 0.2) is 4.90 Å². The molecule has 0 fully saturated rings. The molecular formula is C13H19F2NO2S. The second-order valence-corrected chi connectivity index (χ2v) is 6.70. The number of halogens is 2. The summed E-state index contributed by atoms with van der Waals surface area (Å²) in [4.78, 5) is -0.911. The van der Waals surface area contributed by atoms with Gasteiger partial charge in [-0.3, -0.25) is 0 Å². The van der Waals surface area contributed by atoms with Crippen LogP contribution in [-0.2, 0) is 10.0 Å². The summed E-state index contributed by atoms with van der Waals surface area (Å²) in [7, 11) is -4.17. The Balaban J connectivity index is 2.87. The first-order chi connectivity index (χ1) is 8.74. The molecule has 0 aliphatic carbocycles. The zero-order valence-corrected chi connectivity index (χ0v) is 12.1. The van der Waals surface area contributed by atoms with Gasteiger partial charge in [0.25, 0.3) is 0 Å². The van der Waals surface area contributed by atoms with Crippen LogP contribution in [0.5, 0.6) is 0 Å². The molecule has 0 saturated heterocycles. The summed E-state index contributed by atoms with van der Waals surface area (Å²) in [6.07, 6.45) is 1.45. The van der Waals surface area contributed by atoms with Gasteiger partial charge in [-0.1, -0.05) is 19.9 Å². The predicted molar refractivity (Wildman–Crippen MR) is 70.2 cm³/mol. The van der Waals surface area contributed by atoms with Crippen LogP contribution in [0.15, 0.2) is 23.1 Å². The average molecular weight is 291 g/mol. The third kappa shape index (κ3) is 4.54. The van der Waals surface area contributed by atoms with Gasteiger partial charge in [-0.15, -0.1) is 0 Å². The Hall–Kier alpha value is -1.01. The first kappa shape index (κ1) is 16.0. The second-order valence-electron chi connectivity index (χ2n) is 5.04. The van der Waals surface area contributed by atoms with Crippen molar-refractivity contribution < 1.29 is 17.2 Å². The van der Waals surface area contributed by atoms with Crippen molar-refractivity contribution in [3.8, 4) is 0 Å². The third-order valence-electron chi connectivity index (χ3n) is 2.72. The van der Waals surface area contributed by atoms with Crippen molar-refractivity contribution in [1.29, 1.82) is 0 Å². The van der Waals surface area contributed by atoms with Gasteiger partial charge in [-0.05, 0) is 37.8 Å². The minimum absolute atomic E-state index is 0.369. The molecule has 1 aromatic carbocycles. The lowest BCUT2D eigenvalue weighted by Gasteiger charge is -2.16. The molecule has 0 bridgehead atoms. The number of hydrogen-bond acceptors (Lipinski definition) is 2. The second kappa shape index (κ2) is 6.43. The summed E-state index contributed by atoms with van der Waals surface area (Å²) in [5.41, 5.74) is 0. The Morgan fingerprint density at radius 1 is 1.11 bits per heavy atom. The Morgan fingerprint density at radius 3 is 2.11 bits per heavy atom. The van der Waals surface area contributed by atoms with Gasteiger partial charge in [0.1, 0.15) is 11.6 Å². The first-order valence-corrected chi connectivity index (χ1v) is 7.68. The van der Waals surface area contributed by atoms with E-state index in [1.54, 1.807) is 6.92 Å². The fourth-order valence-corrected chi connectivity index (χ4v) is 3.12. The Morgan fingerprint density at radius 2 is 1.63 bits per heavy atom. The number of hydrogen-bond donors (Lipinski definition) is 1. The summed E-state index contributed by atoms with van der Waals surface area (Å²) < 4.78 is 53.1. The van der Waals surface area contributed by atoms with Crippen molar-refractivity contribution in [2.24, 2.45) is 5.92 Å². The van der Waals surface area contributed by atoms with Crippen LogP contribution in [0.3, 0.4) is 0 Å². The van der Waals surface area contributed by atoms with Gasteiger partial charge in [0.2, 0.25) is 10.0 Å². The van der Waals surface area contributed by atoms with E-state index in [0.29, 0.717) is 12.3 Å². The molecule has 1 aromatic rings. The average Bonchev–Trinajstić information content (AvgIpc) is 2.25. The highest BCUT2D eigenvalue weighted by Crippen LogP contribution is 2.19. The number of nitrogens with one attached hydrogen (secondary N) is 1. The molecule has 0 heterocycles. The monoisotopic (exact) mass is 291 g/mol. The van der Waals surface area contributed by atoms with Crippen LogP contribution in [0.2, 0.25) is 0 Å². The van der Waals surface area contributed by atoms with Gasteiger partial charge in [-0.25, -0.2) is 21.9 Å². The molecule has 0 aromatic heterocycles. The number of rotatable bonds is 6. The van der Waals surface area contributed by atoms with Crippen molar-refractivity contribution in [1.82, 2.24) is 4.72 Å². The molecule has 1 N–H and O–H groups in total. The van der Waals surface area contributed by atoms with Gasteiger partial charge < -0.3 is 0 Å². The van der Waals surface area contributed by atoms with Crippen LogP contribution in [0, 0.1) is 17.6 Å². The lowest BCUT2D eigenvalue weighted by Crippen LogP contribution is -2.33. The largest absolute Gasteiger partial charge is 0.246 e. The standard InChI is InChI=1S/C13H19F2NO2S/c1-9(2)7-8-10(3)16-19(17,18)13-11(14)5-4-6-12(13)15/h4-6,9-10,16H,7-8H2,1-3H3. The van der Waals surface area contributed by atoms with Crippen LogP contribution in [0.4, 0.5) is 8.78 Å². The van der Waals surface area contributed by atoms with Crippen LogP contribution >= 0.6 is 0 Å². The minimum atomic E-state index is -4.17. The normalized spacial score (nSPS) is 13.8. The number of benzene rings is 1. The molecule has 19 heavy (non-hydrogen) atoms. The molecule has 1 atom stereocenters. The van der Waals surface area contributed by atoms with Crippen LogP contribution < -0.4 is 4.72 Å². The maximum Gasteiger partial charge on any atom is 0.246 e. The van der Waals surface area contributed by atoms with E-state index in [1.807, 2.05) is 13.8 Å². The summed E-state index contributed by atoms with van der Waals surface area (Å²) in [5.74, 6) is -1.72. The smallest absolute Gasteiger partial charge is 0.208 e. The molecule has 108 valence electrons. The van der Waals surface area contributed by atoms with E-state index < -0.39 is 26.6 Å². The SMILES string of the molecule is CC(C)CCC(C)NS(=O)(=O)c1c(F)cccc1F. The number of sulfonamides is 1. The zero-order valence-electron chi connectivity index (χ0n) is 11.3. The molecule has 0 amide bonds. The van der Waals surface area contributed by atoms with Crippen molar-refractivity contribution in [2.45, 2.75) is 44.6 Å². The van der Waals surface area contributed by atoms with Crippen molar-refractivity contribution in [3.63, 3.8) is 0 Å². The molecule has 1 rings (SSSR count). The molecule has 3 nitrogen and oxygen atoms in total. The topological polar surface area (TPSA) is 46.2 Å². The van der Waals surface area contributed by atoms with Crippen LogP contribution in [-0.4, -0.2) is 14.5 Å². The highest BCUT2D eigenvalue weighted by atomic mass is 32.2. The Kier molecular flexibility index (Phi) is 5.43. The zero-order chi connectivity index (χ0) is 14.6. The van der Waals surface area contributed by atoms with Crippen molar-refractivity contribution in [3.05, 3.63) is 29.8 Å². The molecule has 0 radical (unpaired) electrons. The highest BCUT2D eigenvalue weighted by molar-refractivity contribution is 7.89. The summed E-state index contributed by atoms with van der Waals surface area (Å²) in [6.45, 7) is 5.73. The van der Waals surface area contributed by atoms with E-state index in [2.05, 4.69) is 4.72 Å².